The van der Waals surface area contributed by atoms with Crippen molar-refractivity contribution >= 4 is 5.97 Å². The summed E-state index contributed by atoms with van der Waals surface area (Å²) < 4.78 is 21.6. The van der Waals surface area contributed by atoms with Gasteiger partial charge in [0, 0.05) is 5.56 Å². The maximum Gasteiger partial charge on any atom is 0.361 e. The van der Waals surface area contributed by atoms with Crippen molar-refractivity contribution in [3.8, 4) is 28.5 Å². The van der Waals surface area contributed by atoms with Crippen molar-refractivity contribution in [3.63, 3.8) is 0 Å². The molecule has 0 saturated heterocycles. The Kier molecular flexibility index (Phi) is 6.11. The van der Waals surface area contributed by atoms with Crippen LogP contribution in [0.1, 0.15) is 23.0 Å². The second-order valence-electron chi connectivity index (χ2n) is 5.75. The standard InChI is InChI=1S/C20H21N3O5/c1-4-27-20(24)19-18(21-23-22-19)14-8-9-16(17(11-14)26-3)28-12-13-6-5-7-15(10-13)25-2/h5-11H,4,12H2,1-3H3,(H,21,22,23). The number of benzene rings is 2. The summed E-state index contributed by atoms with van der Waals surface area (Å²) in [6.07, 6.45) is 0. The zero-order valence-corrected chi connectivity index (χ0v) is 15.9. The summed E-state index contributed by atoms with van der Waals surface area (Å²) in [7, 11) is 3.17. The first-order valence-electron chi connectivity index (χ1n) is 8.68. The molecule has 0 amide bonds. The summed E-state index contributed by atoms with van der Waals surface area (Å²) in [4.78, 5) is 12.0. The third-order valence-electron chi connectivity index (χ3n) is 3.98. The van der Waals surface area contributed by atoms with Crippen LogP contribution in [0, 0.1) is 0 Å². The molecule has 0 aliphatic heterocycles. The van der Waals surface area contributed by atoms with Gasteiger partial charge in [0.2, 0.25) is 0 Å². The largest absolute Gasteiger partial charge is 0.497 e. The van der Waals surface area contributed by atoms with E-state index < -0.39 is 5.97 Å². The predicted molar refractivity (Wildman–Crippen MR) is 102 cm³/mol. The van der Waals surface area contributed by atoms with Crippen LogP contribution in [0.25, 0.3) is 11.3 Å². The minimum Gasteiger partial charge on any atom is -0.497 e. The molecule has 0 radical (unpaired) electrons. The molecule has 1 aromatic heterocycles. The molecule has 3 rings (SSSR count). The summed E-state index contributed by atoms with van der Waals surface area (Å²) in [6, 6.07) is 12.9. The van der Waals surface area contributed by atoms with Crippen molar-refractivity contribution in [2.75, 3.05) is 20.8 Å². The number of esters is 1. The fourth-order valence-electron chi connectivity index (χ4n) is 2.63. The van der Waals surface area contributed by atoms with Gasteiger partial charge in [0.15, 0.2) is 17.2 Å². The minimum atomic E-state index is -0.538. The lowest BCUT2D eigenvalue weighted by atomic mass is 10.1. The van der Waals surface area contributed by atoms with Crippen molar-refractivity contribution in [3.05, 3.63) is 53.7 Å². The van der Waals surface area contributed by atoms with Crippen LogP contribution < -0.4 is 14.2 Å². The Labute approximate surface area is 162 Å². The van der Waals surface area contributed by atoms with Crippen molar-refractivity contribution in [2.45, 2.75) is 13.5 Å². The molecule has 0 aliphatic carbocycles. The summed E-state index contributed by atoms with van der Waals surface area (Å²) in [5.74, 6) is 1.30. The Hall–Kier alpha value is -3.55. The average Bonchev–Trinajstić information content (AvgIpc) is 3.22. The summed E-state index contributed by atoms with van der Waals surface area (Å²) in [5.41, 5.74) is 2.12. The highest BCUT2D eigenvalue weighted by molar-refractivity contribution is 5.94. The van der Waals surface area contributed by atoms with E-state index in [9.17, 15) is 4.79 Å². The lowest BCUT2D eigenvalue weighted by molar-refractivity contribution is 0.0520. The molecule has 2 aromatic carbocycles. The number of nitrogens with zero attached hydrogens (tertiary/aromatic N) is 2. The summed E-state index contributed by atoms with van der Waals surface area (Å²) in [6.45, 7) is 2.34. The van der Waals surface area contributed by atoms with Gasteiger partial charge in [-0.1, -0.05) is 12.1 Å². The van der Waals surface area contributed by atoms with E-state index in [1.165, 1.54) is 0 Å². The molecule has 8 nitrogen and oxygen atoms in total. The third kappa shape index (κ3) is 4.22. The van der Waals surface area contributed by atoms with Gasteiger partial charge in [-0.05, 0) is 42.8 Å². The van der Waals surface area contributed by atoms with Crippen LogP contribution >= 0.6 is 0 Å². The molecule has 28 heavy (non-hydrogen) atoms. The molecule has 3 aromatic rings. The topological polar surface area (TPSA) is 95.6 Å². The van der Waals surface area contributed by atoms with Crippen molar-refractivity contribution in [1.82, 2.24) is 15.4 Å². The number of nitrogens with one attached hydrogen (secondary N) is 1. The molecule has 1 N–H and O–H groups in total. The fraction of sp³-hybridized carbons (Fsp3) is 0.250. The number of aromatic amines is 1. The molecule has 8 heteroatoms. The van der Waals surface area contributed by atoms with Crippen LogP contribution in [0.15, 0.2) is 42.5 Å². The zero-order valence-electron chi connectivity index (χ0n) is 15.9. The Balaban J connectivity index is 1.81. The smallest absolute Gasteiger partial charge is 0.361 e. The van der Waals surface area contributed by atoms with Gasteiger partial charge in [-0.3, -0.25) is 0 Å². The fourth-order valence-corrected chi connectivity index (χ4v) is 2.63. The van der Waals surface area contributed by atoms with E-state index in [2.05, 4.69) is 15.4 Å². The number of carbonyl (C=O) groups is 1. The van der Waals surface area contributed by atoms with Crippen LogP contribution in [0.4, 0.5) is 0 Å². The molecular formula is C20H21N3O5. The first-order valence-corrected chi connectivity index (χ1v) is 8.68. The molecule has 146 valence electrons. The van der Waals surface area contributed by atoms with E-state index in [0.29, 0.717) is 29.4 Å². The van der Waals surface area contributed by atoms with E-state index in [0.717, 1.165) is 11.3 Å². The molecule has 1 heterocycles. The number of carbonyl (C=O) groups excluding carboxylic acids is 1. The number of ether oxygens (including phenoxy) is 4. The lowest BCUT2D eigenvalue weighted by Gasteiger charge is -2.12. The van der Waals surface area contributed by atoms with E-state index >= 15 is 0 Å². The maximum absolute atomic E-state index is 12.0. The quantitative estimate of drug-likeness (QED) is 0.597. The molecular weight excluding hydrogens is 362 g/mol. The number of methoxy groups -OCH3 is 2. The molecule has 0 bridgehead atoms. The van der Waals surface area contributed by atoms with E-state index in [1.807, 2.05) is 24.3 Å². The summed E-state index contributed by atoms with van der Waals surface area (Å²) in [5, 5.41) is 10.4. The third-order valence-corrected chi connectivity index (χ3v) is 3.98. The van der Waals surface area contributed by atoms with Gasteiger partial charge in [-0.25, -0.2) is 4.79 Å². The van der Waals surface area contributed by atoms with Gasteiger partial charge >= 0.3 is 5.97 Å². The molecule has 0 unspecified atom stereocenters. The Morgan fingerprint density at radius 3 is 2.64 bits per heavy atom. The highest BCUT2D eigenvalue weighted by atomic mass is 16.5. The molecule has 0 spiro atoms. The molecule has 0 aliphatic rings. The van der Waals surface area contributed by atoms with Gasteiger partial charge in [0.25, 0.3) is 0 Å². The van der Waals surface area contributed by atoms with Crippen LogP contribution in [0.2, 0.25) is 0 Å². The predicted octanol–water partition coefficient (Wildman–Crippen LogP) is 3.24. The van der Waals surface area contributed by atoms with Crippen LogP contribution in [-0.4, -0.2) is 42.2 Å². The lowest BCUT2D eigenvalue weighted by Crippen LogP contribution is -2.07. The number of aromatic nitrogens is 3. The Morgan fingerprint density at radius 1 is 1.04 bits per heavy atom. The minimum absolute atomic E-state index is 0.119. The number of H-pyrrole nitrogens is 1. The zero-order chi connectivity index (χ0) is 19.9. The Morgan fingerprint density at radius 2 is 1.89 bits per heavy atom. The van der Waals surface area contributed by atoms with Gasteiger partial charge in [0.1, 0.15) is 18.1 Å². The van der Waals surface area contributed by atoms with Gasteiger partial charge in [-0.2, -0.15) is 10.3 Å². The van der Waals surface area contributed by atoms with Crippen LogP contribution in [0.5, 0.6) is 17.2 Å². The van der Waals surface area contributed by atoms with Crippen molar-refractivity contribution in [1.29, 1.82) is 0 Å². The SMILES string of the molecule is CCOC(=O)c1n[nH]nc1-c1ccc(OCc2cccc(OC)c2)c(OC)c1. The highest BCUT2D eigenvalue weighted by Gasteiger charge is 2.20. The van der Waals surface area contributed by atoms with Crippen molar-refractivity contribution in [2.24, 2.45) is 0 Å². The molecule has 0 saturated carbocycles. The highest BCUT2D eigenvalue weighted by Crippen LogP contribution is 2.33. The number of rotatable bonds is 8. The average molecular weight is 383 g/mol. The summed E-state index contributed by atoms with van der Waals surface area (Å²) >= 11 is 0. The number of hydrogen-bond acceptors (Lipinski definition) is 7. The van der Waals surface area contributed by atoms with Gasteiger partial charge < -0.3 is 18.9 Å². The second-order valence-corrected chi connectivity index (χ2v) is 5.75. The Bertz CT molecular complexity index is 955. The number of hydrogen-bond donors (Lipinski definition) is 1. The maximum atomic E-state index is 12.0. The van der Waals surface area contributed by atoms with Crippen molar-refractivity contribution < 1.29 is 23.7 Å². The van der Waals surface area contributed by atoms with E-state index in [-0.39, 0.29) is 12.3 Å². The van der Waals surface area contributed by atoms with Crippen LogP contribution in [0.3, 0.4) is 0 Å². The monoisotopic (exact) mass is 383 g/mol. The first-order chi connectivity index (χ1) is 13.7. The van der Waals surface area contributed by atoms with Gasteiger partial charge in [0.05, 0.1) is 20.8 Å². The normalized spacial score (nSPS) is 10.4. The van der Waals surface area contributed by atoms with Gasteiger partial charge in [-0.15, -0.1) is 5.10 Å². The van der Waals surface area contributed by atoms with E-state index in [1.54, 1.807) is 39.3 Å². The van der Waals surface area contributed by atoms with E-state index in [4.69, 9.17) is 18.9 Å². The first kappa shape index (κ1) is 19.2. The molecule has 0 fully saturated rings. The second kappa shape index (κ2) is 8.90. The van der Waals surface area contributed by atoms with Crippen LogP contribution in [-0.2, 0) is 11.3 Å². The molecule has 0 atom stereocenters.